The molecule has 0 fully saturated rings. The standard InChI is InChI=1S/C5H13N3/c1-3-8(4-2)5(6)7/h3-4H2,1-2H3,(H3,6,7). The van der Waals surface area contributed by atoms with Crippen molar-refractivity contribution in [1.82, 2.24) is 4.90 Å². The molecule has 0 aliphatic rings. The van der Waals surface area contributed by atoms with Crippen molar-refractivity contribution in [2.75, 3.05) is 13.1 Å². The van der Waals surface area contributed by atoms with Crippen molar-refractivity contribution < 1.29 is 0 Å². The molecule has 8 heavy (non-hydrogen) atoms. The molecule has 0 aliphatic heterocycles. The highest BCUT2D eigenvalue weighted by molar-refractivity contribution is 5.74. The van der Waals surface area contributed by atoms with Crippen molar-refractivity contribution in [1.29, 1.82) is 5.41 Å². The summed E-state index contributed by atoms with van der Waals surface area (Å²) in [5.41, 5.74) is 5.17. The van der Waals surface area contributed by atoms with Crippen molar-refractivity contribution in [3.63, 3.8) is 0 Å². The van der Waals surface area contributed by atoms with Crippen LogP contribution in [0.5, 0.6) is 0 Å². The predicted octanol–water partition coefficient (Wildman–Crippen LogP) is 0.222. The Morgan fingerprint density at radius 1 is 1.50 bits per heavy atom. The largest absolute Gasteiger partial charge is 0.370 e. The Hall–Kier alpha value is -0.730. The van der Waals surface area contributed by atoms with Gasteiger partial charge in [0.05, 0.1) is 0 Å². The van der Waals surface area contributed by atoms with Crippen LogP contribution in [0.25, 0.3) is 0 Å². The van der Waals surface area contributed by atoms with E-state index in [2.05, 4.69) is 0 Å². The molecular weight excluding hydrogens is 102 g/mol. The summed E-state index contributed by atoms with van der Waals surface area (Å²) in [5, 5.41) is 6.96. The molecule has 0 aromatic heterocycles. The van der Waals surface area contributed by atoms with Crippen molar-refractivity contribution in [2.24, 2.45) is 5.73 Å². The minimum atomic E-state index is 0.162. The first-order chi connectivity index (χ1) is 3.72. The van der Waals surface area contributed by atoms with Gasteiger partial charge in [-0.2, -0.15) is 0 Å². The number of rotatable bonds is 2. The highest BCUT2D eigenvalue weighted by atomic mass is 15.2. The molecule has 0 rings (SSSR count). The number of hydrogen-bond acceptors (Lipinski definition) is 1. The highest BCUT2D eigenvalue weighted by Gasteiger charge is 1.96. The molecule has 0 spiro atoms. The second kappa shape index (κ2) is 3.29. The second-order valence-electron chi connectivity index (χ2n) is 1.56. The van der Waals surface area contributed by atoms with Crippen molar-refractivity contribution in [2.45, 2.75) is 13.8 Å². The Morgan fingerprint density at radius 3 is 1.88 bits per heavy atom. The highest BCUT2D eigenvalue weighted by Crippen LogP contribution is 1.81. The Bertz CT molecular complexity index is 75.7. The van der Waals surface area contributed by atoms with Crippen LogP contribution in [0, 0.1) is 5.41 Å². The van der Waals surface area contributed by atoms with Gasteiger partial charge in [-0.25, -0.2) is 0 Å². The first-order valence-corrected chi connectivity index (χ1v) is 2.81. The quantitative estimate of drug-likeness (QED) is 0.399. The lowest BCUT2D eigenvalue weighted by molar-refractivity contribution is 0.457. The van der Waals surface area contributed by atoms with Crippen LogP contribution in [-0.4, -0.2) is 23.9 Å². The number of nitrogens with zero attached hydrogens (tertiary/aromatic N) is 1. The minimum absolute atomic E-state index is 0.162. The fourth-order valence-electron chi connectivity index (χ4n) is 0.564. The van der Waals surface area contributed by atoms with Crippen molar-refractivity contribution in [3.8, 4) is 0 Å². The van der Waals surface area contributed by atoms with E-state index >= 15 is 0 Å². The van der Waals surface area contributed by atoms with E-state index in [1.165, 1.54) is 0 Å². The minimum Gasteiger partial charge on any atom is -0.370 e. The van der Waals surface area contributed by atoms with Crippen molar-refractivity contribution >= 4 is 5.96 Å². The molecule has 0 radical (unpaired) electrons. The Morgan fingerprint density at radius 2 is 1.88 bits per heavy atom. The topological polar surface area (TPSA) is 53.1 Å². The van der Waals surface area contributed by atoms with Crippen LogP contribution in [0.3, 0.4) is 0 Å². The maximum atomic E-state index is 6.96. The maximum Gasteiger partial charge on any atom is 0.188 e. The lowest BCUT2D eigenvalue weighted by Crippen LogP contribution is -2.35. The summed E-state index contributed by atoms with van der Waals surface area (Å²) < 4.78 is 0. The number of nitrogens with one attached hydrogen (secondary N) is 1. The molecule has 0 heterocycles. The molecule has 48 valence electrons. The molecule has 3 nitrogen and oxygen atoms in total. The van der Waals surface area contributed by atoms with E-state index < -0.39 is 0 Å². The fourth-order valence-corrected chi connectivity index (χ4v) is 0.564. The third-order valence-corrected chi connectivity index (χ3v) is 1.10. The predicted molar refractivity (Wildman–Crippen MR) is 34.8 cm³/mol. The summed E-state index contributed by atoms with van der Waals surface area (Å²) in [4.78, 5) is 1.78. The van der Waals surface area contributed by atoms with Gasteiger partial charge in [0.2, 0.25) is 0 Å². The average molecular weight is 115 g/mol. The number of hydrogen-bond donors (Lipinski definition) is 2. The zero-order valence-electron chi connectivity index (χ0n) is 5.44. The van der Waals surface area contributed by atoms with Crippen molar-refractivity contribution in [3.05, 3.63) is 0 Å². The van der Waals surface area contributed by atoms with Gasteiger partial charge in [-0.05, 0) is 13.8 Å². The van der Waals surface area contributed by atoms with Crippen LogP contribution >= 0.6 is 0 Å². The molecule has 0 bridgehead atoms. The van der Waals surface area contributed by atoms with E-state index in [1.54, 1.807) is 4.90 Å². The smallest absolute Gasteiger partial charge is 0.188 e. The number of guanidine groups is 1. The van der Waals surface area contributed by atoms with Crippen LogP contribution < -0.4 is 5.73 Å². The van der Waals surface area contributed by atoms with Gasteiger partial charge >= 0.3 is 0 Å². The van der Waals surface area contributed by atoms with Crippen LogP contribution in [0.1, 0.15) is 13.8 Å². The molecule has 0 aromatic rings. The third-order valence-electron chi connectivity index (χ3n) is 1.10. The van der Waals surface area contributed by atoms with Crippen LogP contribution in [0.4, 0.5) is 0 Å². The number of nitrogens with two attached hydrogens (primary N) is 1. The van der Waals surface area contributed by atoms with E-state index in [1.807, 2.05) is 13.8 Å². The van der Waals surface area contributed by atoms with Gasteiger partial charge in [-0.1, -0.05) is 0 Å². The molecule has 0 unspecified atom stereocenters. The molecule has 0 saturated heterocycles. The second-order valence-corrected chi connectivity index (χ2v) is 1.56. The molecule has 0 aromatic carbocycles. The normalized spacial score (nSPS) is 8.75. The summed E-state index contributed by atoms with van der Waals surface area (Å²) in [7, 11) is 0. The third kappa shape index (κ3) is 1.82. The first-order valence-electron chi connectivity index (χ1n) is 2.81. The Balaban J connectivity index is 3.52. The van der Waals surface area contributed by atoms with Crippen LogP contribution in [0.15, 0.2) is 0 Å². The lowest BCUT2D eigenvalue weighted by Gasteiger charge is -2.16. The molecule has 0 amide bonds. The lowest BCUT2D eigenvalue weighted by atomic mass is 10.5. The Labute approximate surface area is 50.0 Å². The monoisotopic (exact) mass is 115 g/mol. The van der Waals surface area contributed by atoms with Gasteiger partial charge < -0.3 is 10.6 Å². The summed E-state index contributed by atoms with van der Waals surface area (Å²) in [6, 6.07) is 0. The van der Waals surface area contributed by atoms with E-state index in [9.17, 15) is 0 Å². The molecular formula is C5H13N3. The van der Waals surface area contributed by atoms with Gasteiger partial charge in [-0.3, -0.25) is 5.41 Å². The molecule has 3 N–H and O–H groups in total. The maximum absolute atomic E-state index is 6.96. The van der Waals surface area contributed by atoms with Gasteiger partial charge in [0.15, 0.2) is 5.96 Å². The SMILES string of the molecule is CCN(CC)C(=N)N. The summed E-state index contributed by atoms with van der Waals surface area (Å²) in [6.07, 6.45) is 0. The van der Waals surface area contributed by atoms with Crippen LogP contribution in [-0.2, 0) is 0 Å². The van der Waals surface area contributed by atoms with E-state index in [0.717, 1.165) is 13.1 Å². The Kier molecular flexibility index (Phi) is 2.99. The summed E-state index contributed by atoms with van der Waals surface area (Å²) >= 11 is 0. The molecule has 0 atom stereocenters. The fraction of sp³-hybridized carbons (Fsp3) is 0.800. The average Bonchev–Trinajstić information content (AvgIpc) is 1.69. The molecule has 0 saturated carbocycles. The molecule has 3 heteroatoms. The first kappa shape index (κ1) is 7.27. The zero-order chi connectivity index (χ0) is 6.57. The van der Waals surface area contributed by atoms with Gasteiger partial charge in [0, 0.05) is 13.1 Å². The van der Waals surface area contributed by atoms with E-state index in [4.69, 9.17) is 11.1 Å². The summed E-state index contributed by atoms with van der Waals surface area (Å²) in [6.45, 7) is 5.60. The van der Waals surface area contributed by atoms with E-state index in [0.29, 0.717) is 0 Å². The van der Waals surface area contributed by atoms with Crippen LogP contribution in [0.2, 0.25) is 0 Å². The van der Waals surface area contributed by atoms with Gasteiger partial charge in [-0.15, -0.1) is 0 Å². The molecule has 0 aliphatic carbocycles. The summed E-state index contributed by atoms with van der Waals surface area (Å²) in [5.74, 6) is 0.162. The van der Waals surface area contributed by atoms with Gasteiger partial charge in [0.25, 0.3) is 0 Å². The van der Waals surface area contributed by atoms with E-state index in [-0.39, 0.29) is 5.96 Å². The van der Waals surface area contributed by atoms with Gasteiger partial charge in [0.1, 0.15) is 0 Å². The zero-order valence-corrected chi connectivity index (χ0v) is 5.44.